The topological polar surface area (TPSA) is 47.6 Å². The number of hydrogen-bond donors (Lipinski definition) is 1. The van der Waals surface area contributed by atoms with Crippen LogP contribution < -0.4 is 5.32 Å². The Morgan fingerprint density at radius 2 is 1.95 bits per heavy atom. The summed E-state index contributed by atoms with van der Waals surface area (Å²) >= 11 is 0. The van der Waals surface area contributed by atoms with E-state index in [0.717, 1.165) is 25.7 Å². The van der Waals surface area contributed by atoms with Crippen molar-refractivity contribution < 1.29 is 14.3 Å². The Morgan fingerprint density at radius 3 is 2.42 bits per heavy atom. The summed E-state index contributed by atoms with van der Waals surface area (Å²) in [6, 6.07) is 0.495. The number of ether oxygens (including phenoxy) is 2. The first-order chi connectivity index (χ1) is 9.24. The van der Waals surface area contributed by atoms with Crippen LogP contribution in [0.4, 0.5) is 0 Å². The minimum absolute atomic E-state index is 0.0938. The summed E-state index contributed by atoms with van der Waals surface area (Å²) in [6.07, 6.45) is 8.51. The third-order valence-corrected chi connectivity index (χ3v) is 4.55. The van der Waals surface area contributed by atoms with Gasteiger partial charge in [0.1, 0.15) is 5.54 Å². The average Bonchev–Trinajstić information content (AvgIpc) is 3.19. The molecule has 0 saturated heterocycles. The Morgan fingerprint density at radius 1 is 1.21 bits per heavy atom. The Kier molecular flexibility index (Phi) is 3.81. The molecule has 1 unspecified atom stereocenters. The second-order valence-corrected chi connectivity index (χ2v) is 6.25. The fourth-order valence-corrected chi connectivity index (χ4v) is 2.78. The van der Waals surface area contributed by atoms with Crippen LogP contribution in [-0.4, -0.2) is 36.9 Å². The maximum Gasteiger partial charge on any atom is 0.329 e. The van der Waals surface area contributed by atoms with Crippen molar-refractivity contribution in [3.05, 3.63) is 0 Å². The summed E-state index contributed by atoms with van der Waals surface area (Å²) in [5, 5.41) is 3.55. The summed E-state index contributed by atoms with van der Waals surface area (Å²) in [7, 11) is 0. The Bertz CT molecular complexity index is 334. The largest absolute Gasteiger partial charge is 0.465 e. The van der Waals surface area contributed by atoms with E-state index in [-0.39, 0.29) is 5.97 Å². The zero-order valence-electron chi connectivity index (χ0n) is 11.8. The average molecular weight is 267 g/mol. The highest BCUT2D eigenvalue weighted by Gasteiger charge is 2.54. The predicted molar refractivity (Wildman–Crippen MR) is 71.8 cm³/mol. The molecule has 19 heavy (non-hydrogen) atoms. The van der Waals surface area contributed by atoms with Crippen LogP contribution in [0.5, 0.6) is 0 Å². The van der Waals surface area contributed by atoms with Gasteiger partial charge in [-0.25, -0.2) is 4.79 Å². The lowest BCUT2D eigenvalue weighted by molar-refractivity contribution is -0.158. The number of esters is 1. The van der Waals surface area contributed by atoms with Gasteiger partial charge in [0.25, 0.3) is 0 Å². The van der Waals surface area contributed by atoms with Crippen LogP contribution in [0.1, 0.15) is 51.9 Å². The molecular weight excluding hydrogens is 242 g/mol. The van der Waals surface area contributed by atoms with Gasteiger partial charge in [0.15, 0.2) is 0 Å². The quantitative estimate of drug-likeness (QED) is 0.684. The molecule has 1 N–H and O–H groups in total. The van der Waals surface area contributed by atoms with Crippen molar-refractivity contribution in [1.29, 1.82) is 0 Å². The highest BCUT2D eigenvalue weighted by atomic mass is 16.5. The lowest BCUT2D eigenvalue weighted by Crippen LogP contribution is -2.59. The molecule has 3 aliphatic rings. The second-order valence-electron chi connectivity index (χ2n) is 6.25. The van der Waals surface area contributed by atoms with Crippen molar-refractivity contribution in [2.24, 2.45) is 5.92 Å². The van der Waals surface area contributed by atoms with Crippen molar-refractivity contribution in [3.8, 4) is 0 Å². The van der Waals surface area contributed by atoms with Crippen LogP contribution in [0.25, 0.3) is 0 Å². The zero-order valence-corrected chi connectivity index (χ0v) is 11.8. The highest BCUT2D eigenvalue weighted by Crippen LogP contribution is 2.43. The van der Waals surface area contributed by atoms with E-state index in [0.29, 0.717) is 31.3 Å². The maximum atomic E-state index is 12.5. The smallest absolute Gasteiger partial charge is 0.329 e. The molecule has 0 heterocycles. The zero-order chi connectivity index (χ0) is 13.3. The molecule has 0 aromatic rings. The molecule has 0 bridgehead atoms. The standard InChI is InChI=1S/C15H25NO3/c1-2-18-14(17)15(11-6-7-11,16-12-8-9-12)10-19-13-4-3-5-13/h11-13,16H,2-10H2,1H3. The minimum atomic E-state index is -0.563. The lowest BCUT2D eigenvalue weighted by atomic mass is 9.92. The van der Waals surface area contributed by atoms with Crippen LogP contribution in [0.3, 0.4) is 0 Å². The Labute approximate surface area is 115 Å². The summed E-state index contributed by atoms with van der Waals surface area (Å²) in [5.41, 5.74) is -0.563. The molecule has 3 rings (SSSR count). The second kappa shape index (κ2) is 5.41. The molecule has 3 aliphatic carbocycles. The molecule has 1 atom stereocenters. The Hall–Kier alpha value is -0.610. The molecule has 0 aliphatic heterocycles. The summed E-state index contributed by atoms with van der Waals surface area (Å²) in [5.74, 6) is 0.316. The first-order valence-corrected chi connectivity index (χ1v) is 7.81. The van der Waals surface area contributed by atoms with E-state index in [9.17, 15) is 4.79 Å². The van der Waals surface area contributed by atoms with E-state index in [1.54, 1.807) is 0 Å². The highest BCUT2D eigenvalue weighted by molar-refractivity contribution is 5.82. The molecule has 0 aromatic carbocycles. The third-order valence-electron chi connectivity index (χ3n) is 4.55. The predicted octanol–water partition coefficient (Wildman–Crippen LogP) is 2.02. The van der Waals surface area contributed by atoms with E-state index in [2.05, 4.69) is 5.32 Å². The van der Waals surface area contributed by atoms with Crippen LogP contribution >= 0.6 is 0 Å². The fraction of sp³-hybridized carbons (Fsp3) is 0.933. The molecule has 0 amide bonds. The van der Waals surface area contributed by atoms with Gasteiger partial charge in [-0.15, -0.1) is 0 Å². The Balaban J connectivity index is 1.67. The lowest BCUT2D eigenvalue weighted by Gasteiger charge is -2.36. The molecule has 4 heteroatoms. The van der Waals surface area contributed by atoms with Gasteiger partial charge in [0, 0.05) is 6.04 Å². The number of hydrogen-bond acceptors (Lipinski definition) is 4. The monoisotopic (exact) mass is 267 g/mol. The van der Waals surface area contributed by atoms with Crippen LogP contribution in [0.2, 0.25) is 0 Å². The summed E-state index contributed by atoms with van der Waals surface area (Å²) < 4.78 is 11.3. The van der Waals surface area contributed by atoms with Crippen LogP contribution in [0.15, 0.2) is 0 Å². The molecular formula is C15H25NO3. The molecule has 4 nitrogen and oxygen atoms in total. The van der Waals surface area contributed by atoms with E-state index in [4.69, 9.17) is 9.47 Å². The first kappa shape index (κ1) is 13.4. The van der Waals surface area contributed by atoms with Gasteiger partial charge in [-0.3, -0.25) is 5.32 Å². The van der Waals surface area contributed by atoms with Crippen LogP contribution in [-0.2, 0) is 14.3 Å². The van der Waals surface area contributed by atoms with Crippen molar-refractivity contribution in [1.82, 2.24) is 5.32 Å². The molecule has 0 aromatic heterocycles. The van der Waals surface area contributed by atoms with Crippen molar-refractivity contribution in [3.63, 3.8) is 0 Å². The van der Waals surface area contributed by atoms with Gasteiger partial charge < -0.3 is 9.47 Å². The van der Waals surface area contributed by atoms with E-state index < -0.39 is 5.54 Å². The number of nitrogens with one attached hydrogen (secondary N) is 1. The fourth-order valence-electron chi connectivity index (χ4n) is 2.78. The molecule has 0 spiro atoms. The van der Waals surface area contributed by atoms with Crippen molar-refractivity contribution >= 4 is 5.97 Å². The van der Waals surface area contributed by atoms with Crippen LogP contribution in [0, 0.1) is 5.92 Å². The minimum Gasteiger partial charge on any atom is -0.465 e. The molecule has 3 fully saturated rings. The number of carbonyl (C=O) groups is 1. The van der Waals surface area contributed by atoms with Gasteiger partial charge in [-0.2, -0.15) is 0 Å². The molecule has 0 radical (unpaired) electrons. The van der Waals surface area contributed by atoms with Crippen molar-refractivity contribution in [2.75, 3.05) is 13.2 Å². The summed E-state index contributed by atoms with van der Waals surface area (Å²) in [4.78, 5) is 12.5. The van der Waals surface area contributed by atoms with Gasteiger partial charge in [0.2, 0.25) is 0 Å². The molecule has 108 valence electrons. The van der Waals surface area contributed by atoms with E-state index in [1.807, 2.05) is 6.92 Å². The van der Waals surface area contributed by atoms with Gasteiger partial charge in [-0.1, -0.05) is 0 Å². The van der Waals surface area contributed by atoms with E-state index in [1.165, 1.54) is 19.3 Å². The van der Waals surface area contributed by atoms with Gasteiger partial charge in [0.05, 0.1) is 19.3 Å². The first-order valence-electron chi connectivity index (χ1n) is 7.81. The normalized spacial score (nSPS) is 26.6. The summed E-state index contributed by atoms with van der Waals surface area (Å²) in [6.45, 7) is 2.82. The van der Waals surface area contributed by atoms with Gasteiger partial charge >= 0.3 is 5.97 Å². The SMILES string of the molecule is CCOC(=O)C(COC1CCC1)(NC1CC1)C1CC1. The number of rotatable bonds is 8. The number of carbonyl (C=O) groups excluding carboxylic acids is 1. The van der Waals surface area contributed by atoms with Gasteiger partial charge in [-0.05, 0) is 57.8 Å². The van der Waals surface area contributed by atoms with Crippen molar-refractivity contribution in [2.45, 2.75) is 69.6 Å². The maximum absolute atomic E-state index is 12.5. The molecule has 3 saturated carbocycles. The van der Waals surface area contributed by atoms with E-state index >= 15 is 0 Å². The third kappa shape index (κ3) is 2.95.